The van der Waals surface area contributed by atoms with Gasteiger partial charge in [0.2, 0.25) is 11.8 Å². The zero-order valence-corrected chi connectivity index (χ0v) is 26.7. The molecule has 43 heavy (non-hydrogen) atoms. The number of rotatable bonds is 12. The maximum Gasteiger partial charge on any atom is 0.264 e. The Bertz CT molecular complexity index is 1550. The van der Waals surface area contributed by atoms with Gasteiger partial charge in [-0.1, -0.05) is 40.9 Å². The van der Waals surface area contributed by atoms with Crippen LogP contribution in [0.5, 0.6) is 11.5 Å². The van der Waals surface area contributed by atoms with Gasteiger partial charge in [-0.05, 0) is 73.9 Å². The molecular formula is C31H35BrFN3O6S. The minimum atomic E-state index is -4.38. The largest absolute Gasteiger partial charge is 0.493 e. The molecule has 0 spiro atoms. The summed E-state index contributed by atoms with van der Waals surface area (Å²) in [5.74, 6) is -0.976. The predicted molar refractivity (Wildman–Crippen MR) is 165 cm³/mol. The first-order chi connectivity index (χ1) is 20.5. The monoisotopic (exact) mass is 675 g/mol. The van der Waals surface area contributed by atoms with E-state index in [1.807, 2.05) is 24.3 Å². The Morgan fingerprint density at radius 3 is 2.30 bits per heavy atom. The second kappa shape index (κ2) is 14.2. The molecule has 12 heteroatoms. The van der Waals surface area contributed by atoms with E-state index in [-0.39, 0.29) is 34.8 Å². The highest BCUT2D eigenvalue weighted by molar-refractivity contribution is 9.10. The Morgan fingerprint density at radius 1 is 1.00 bits per heavy atom. The van der Waals surface area contributed by atoms with Crippen LogP contribution < -0.4 is 19.1 Å². The molecule has 4 rings (SSSR count). The van der Waals surface area contributed by atoms with Crippen LogP contribution in [0.15, 0.2) is 76.1 Å². The molecular weight excluding hydrogens is 641 g/mol. The van der Waals surface area contributed by atoms with Gasteiger partial charge in [0.25, 0.3) is 10.0 Å². The summed E-state index contributed by atoms with van der Waals surface area (Å²) in [5, 5.41) is 3.04. The third-order valence-electron chi connectivity index (χ3n) is 7.45. The fraction of sp³-hybridized carbons (Fsp3) is 0.355. The lowest BCUT2D eigenvalue weighted by Gasteiger charge is -2.32. The SMILES string of the molecule is COc1ccc(S(=O)(=O)N(CC(=O)N(Cc2cccc(Br)c2)[C@@H](C)C(=O)NC2CCCC2)c2ccc(F)cc2)cc1OC. The van der Waals surface area contributed by atoms with E-state index in [2.05, 4.69) is 21.2 Å². The highest BCUT2D eigenvalue weighted by Crippen LogP contribution is 2.32. The second-order valence-corrected chi connectivity index (χ2v) is 13.1. The van der Waals surface area contributed by atoms with Gasteiger partial charge < -0.3 is 19.7 Å². The van der Waals surface area contributed by atoms with E-state index in [0.29, 0.717) is 5.75 Å². The lowest BCUT2D eigenvalue weighted by molar-refractivity contribution is -0.139. The van der Waals surface area contributed by atoms with Crippen molar-refractivity contribution in [3.63, 3.8) is 0 Å². The van der Waals surface area contributed by atoms with E-state index < -0.39 is 34.3 Å². The Morgan fingerprint density at radius 2 is 1.67 bits per heavy atom. The van der Waals surface area contributed by atoms with Gasteiger partial charge in [-0.25, -0.2) is 12.8 Å². The molecule has 0 unspecified atom stereocenters. The summed E-state index contributed by atoms with van der Waals surface area (Å²) in [6, 6.07) is 15.4. The van der Waals surface area contributed by atoms with Gasteiger partial charge in [0.15, 0.2) is 11.5 Å². The van der Waals surface area contributed by atoms with Crippen LogP contribution in [0, 0.1) is 5.82 Å². The molecule has 0 radical (unpaired) electrons. The molecule has 0 heterocycles. The molecule has 2 amide bonds. The predicted octanol–water partition coefficient (Wildman–Crippen LogP) is 5.28. The summed E-state index contributed by atoms with van der Waals surface area (Å²) in [6.45, 7) is 1.05. The lowest BCUT2D eigenvalue weighted by atomic mass is 10.1. The molecule has 1 atom stereocenters. The van der Waals surface area contributed by atoms with E-state index in [4.69, 9.17) is 9.47 Å². The smallest absolute Gasteiger partial charge is 0.264 e. The van der Waals surface area contributed by atoms with Gasteiger partial charge in [-0.3, -0.25) is 13.9 Å². The molecule has 3 aromatic rings. The fourth-order valence-electron chi connectivity index (χ4n) is 5.05. The highest BCUT2D eigenvalue weighted by Gasteiger charge is 2.34. The van der Waals surface area contributed by atoms with Crippen molar-refractivity contribution in [1.29, 1.82) is 0 Å². The van der Waals surface area contributed by atoms with Crippen molar-refractivity contribution in [2.45, 2.75) is 56.1 Å². The van der Waals surface area contributed by atoms with E-state index in [9.17, 15) is 22.4 Å². The number of ether oxygens (including phenoxy) is 2. The number of hydrogen-bond acceptors (Lipinski definition) is 6. The summed E-state index contributed by atoms with van der Waals surface area (Å²) in [7, 11) is -1.57. The van der Waals surface area contributed by atoms with Gasteiger partial charge in [-0.15, -0.1) is 0 Å². The lowest BCUT2D eigenvalue weighted by Crippen LogP contribution is -2.52. The molecule has 1 N–H and O–H groups in total. The van der Waals surface area contributed by atoms with Gasteiger partial charge >= 0.3 is 0 Å². The average Bonchev–Trinajstić information content (AvgIpc) is 3.51. The number of amides is 2. The number of benzene rings is 3. The number of sulfonamides is 1. The molecule has 230 valence electrons. The number of hydrogen-bond donors (Lipinski definition) is 1. The van der Waals surface area contributed by atoms with Crippen molar-refractivity contribution in [3.8, 4) is 11.5 Å². The van der Waals surface area contributed by atoms with Crippen LogP contribution in [0.3, 0.4) is 0 Å². The number of nitrogens with one attached hydrogen (secondary N) is 1. The number of anilines is 1. The molecule has 0 aromatic heterocycles. The number of methoxy groups -OCH3 is 2. The van der Waals surface area contributed by atoms with E-state index >= 15 is 0 Å². The third-order valence-corrected chi connectivity index (χ3v) is 9.71. The van der Waals surface area contributed by atoms with Crippen molar-refractivity contribution in [2.24, 2.45) is 0 Å². The molecule has 9 nitrogen and oxygen atoms in total. The van der Waals surface area contributed by atoms with Gasteiger partial charge in [-0.2, -0.15) is 0 Å². The maximum atomic E-state index is 14.1. The first kappa shape index (κ1) is 32.3. The Kier molecular flexibility index (Phi) is 10.7. The molecule has 0 bridgehead atoms. The summed E-state index contributed by atoms with van der Waals surface area (Å²) < 4.78 is 54.2. The maximum absolute atomic E-state index is 14.1. The minimum absolute atomic E-state index is 0.0407. The summed E-state index contributed by atoms with van der Waals surface area (Å²) in [6.07, 6.45) is 3.81. The molecule has 0 saturated heterocycles. The number of carbonyl (C=O) groups is 2. The number of halogens is 2. The number of carbonyl (C=O) groups excluding carboxylic acids is 2. The Balaban J connectivity index is 1.71. The van der Waals surface area contributed by atoms with Crippen molar-refractivity contribution >= 4 is 43.5 Å². The fourth-order valence-corrected chi connectivity index (χ4v) is 6.92. The number of nitrogens with zero attached hydrogens (tertiary/aromatic N) is 2. The zero-order chi connectivity index (χ0) is 31.1. The van der Waals surface area contributed by atoms with Crippen molar-refractivity contribution in [2.75, 3.05) is 25.1 Å². The third kappa shape index (κ3) is 7.85. The van der Waals surface area contributed by atoms with E-state index in [0.717, 1.165) is 52.2 Å². The van der Waals surface area contributed by atoms with Gasteiger partial charge in [0.1, 0.15) is 18.4 Å². The molecule has 3 aromatic carbocycles. The highest BCUT2D eigenvalue weighted by atomic mass is 79.9. The molecule has 0 aliphatic heterocycles. The molecule has 1 saturated carbocycles. The first-order valence-corrected chi connectivity index (χ1v) is 16.1. The standard InChI is InChI=1S/C31H35BrFN3O6S/c1-21(31(38)34-25-9-4-5-10-25)35(19-22-7-6-8-23(32)17-22)30(37)20-36(26-13-11-24(33)12-14-26)43(39,40)27-15-16-28(41-2)29(18-27)42-3/h6-8,11-18,21,25H,4-5,9-10,19-20H2,1-3H3,(H,34,38)/t21-/m0/s1. The molecule has 1 fully saturated rings. The first-order valence-electron chi connectivity index (χ1n) is 13.9. The van der Waals surface area contributed by atoms with Crippen LogP contribution in [0.2, 0.25) is 0 Å². The van der Waals surface area contributed by atoms with Gasteiger partial charge in [0.05, 0.1) is 24.8 Å². The Labute approximate surface area is 260 Å². The van der Waals surface area contributed by atoms with E-state index in [1.165, 1.54) is 49.5 Å². The van der Waals surface area contributed by atoms with Gasteiger partial charge in [0, 0.05) is 23.1 Å². The van der Waals surface area contributed by atoms with Crippen LogP contribution in [0.25, 0.3) is 0 Å². The van der Waals surface area contributed by atoms with E-state index in [1.54, 1.807) is 6.92 Å². The molecule has 1 aliphatic rings. The zero-order valence-electron chi connectivity index (χ0n) is 24.3. The summed E-state index contributed by atoms with van der Waals surface area (Å²) in [4.78, 5) is 28.6. The molecule has 1 aliphatic carbocycles. The summed E-state index contributed by atoms with van der Waals surface area (Å²) >= 11 is 3.44. The second-order valence-electron chi connectivity index (χ2n) is 10.3. The normalized spacial score (nSPS) is 14.2. The quantitative estimate of drug-likeness (QED) is 0.280. The van der Waals surface area contributed by atoms with Crippen LogP contribution in [0.4, 0.5) is 10.1 Å². The van der Waals surface area contributed by atoms with Crippen LogP contribution in [0.1, 0.15) is 38.2 Å². The van der Waals surface area contributed by atoms with Crippen LogP contribution in [-0.2, 0) is 26.2 Å². The minimum Gasteiger partial charge on any atom is -0.493 e. The van der Waals surface area contributed by atoms with Crippen LogP contribution in [-0.4, -0.2) is 58.0 Å². The summed E-state index contributed by atoms with van der Waals surface area (Å²) in [5.41, 5.74) is 0.828. The topological polar surface area (TPSA) is 105 Å². The van der Waals surface area contributed by atoms with Crippen molar-refractivity contribution in [1.82, 2.24) is 10.2 Å². The van der Waals surface area contributed by atoms with Crippen molar-refractivity contribution in [3.05, 3.63) is 82.6 Å². The van der Waals surface area contributed by atoms with Crippen LogP contribution >= 0.6 is 15.9 Å². The van der Waals surface area contributed by atoms with Crippen molar-refractivity contribution < 1.29 is 31.9 Å². The Hall–Kier alpha value is -3.64. The average molecular weight is 677 g/mol.